The van der Waals surface area contributed by atoms with Crippen LogP contribution in [0, 0.1) is 0 Å². The van der Waals surface area contributed by atoms with Gasteiger partial charge in [-0.15, -0.1) is 0 Å². The molecule has 0 aromatic heterocycles. The van der Waals surface area contributed by atoms with Gasteiger partial charge in [0.05, 0.1) is 40.9 Å². The van der Waals surface area contributed by atoms with E-state index in [1.54, 1.807) is 28.3 Å². The maximum Gasteiger partial charge on any atom is 0.169 e. The van der Waals surface area contributed by atoms with Gasteiger partial charge in [-0.3, -0.25) is 4.90 Å². The fraction of sp³-hybridized carbons (Fsp3) is 0.375. The fourth-order valence-electron chi connectivity index (χ4n) is 7.97. The van der Waals surface area contributed by atoms with Crippen LogP contribution in [0.5, 0.6) is 40.2 Å². The van der Waals surface area contributed by atoms with Crippen molar-refractivity contribution >= 4 is 17.6 Å². The van der Waals surface area contributed by atoms with Gasteiger partial charge in [0.15, 0.2) is 28.7 Å². The van der Waals surface area contributed by atoms with Crippen molar-refractivity contribution in [1.82, 2.24) is 4.90 Å². The van der Waals surface area contributed by atoms with Crippen LogP contribution in [0.4, 0.5) is 0 Å². The second kappa shape index (κ2) is 13.4. The molecule has 9 nitrogen and oxygen atoms in total. The molecule has 4 aromatic carbocycles. The third-order valence-corrected chi connectivity index (χ3v) is 11.5. The number of aliphatic carboxylic acids is 1. The van der Waals surface area contributed by atoms with Crippen LogP contribution in [0.2, 0.25) is 5.02 Å². The summed E-state index contributed by atoms with van der Waals surface area (Å²) in [5, 5.41) is 12.8. The van der Waals surface area contributed by atoms with E-state index in [4.69, 9.17) is 35.3 Å². The van der Waals surface area contributed by atoms with Gasteiger partial charge in [-0.05, 0) is 91.5 Å². The summed E-state index contributed by atoms with van der Waals surface area (Å²) in [5.41, 5.74) is 6.30. The number of carbonyl (C=O) groups excluding carboxylic acids is 1. The zero-order chi connectivity index (χ0) is 35.3. The summed E-state index contributed by atoms with van der Waals surface area (Å²) in [5.74, 6) is 2.99. The monoisotopic (exact) mass is 698 g/mol. The van der Waals surface area contributed by atoms with Gasteiger partial charge in [0.1, 0.15) is 28.6 Å². The summed E-state index contributed by atoms with van der Waals surface area (Å²) in [6.45, 7) is 3.20. The molecule has 0 saturated heterocycles. The largest absolute Gasteiger partial charge is 0.544 e. The Morgan fingerprint density at radius 3 is 2.26 bits per heavy atom. The summed E-state index contributed by atoms with van der Waals surface area (Å²) < 4.78 is 31.1. The number of carboxylic acid groups (broad SMARTS) is 1. The standard InChI is InChI=1S/C40H43ClN2O7/c1-23(40(44)45)43(3)16-14-26-20-33(47-5)35-22-29(26)31(43)18-24-7-10-28(11-8-24)49-34-19-25(9-12-32(34)46-4)17-30-37-27(13-15-42(30)2)21-36(48-6)38(41)39(37)50-35/h7-12,19-23,30-31H,13-18H2,1-6H3. The van der Waals surface area contributed by atoms with E-state index in [1.807, 2.05) is 61.6 Å². The van der Waals surface area contributed by atoms with Crippen molar-refractivity contribution in [1.29, 1.82) is 0 Å². The minimum Gasteiger partial charge on any atom is -0.544 e. The summed E-state index contributed by atoms with van der Waals surface area (Å²) in [4.78, 5) is 14.8. The molecule has 4 aromatic rings. The van der Waals surface area contributed by atoms with Crippen LogP contribution < -0.4 is 28.8 Å². The predicted molar refractivity (Wildman–Crippen MR) is 189 cm³/mol. The lowest BCUT2D eigenvalue weighted by atomic mass is 9.85. The van der Waals surface area contributed by atoms with Crippen LogP contribution >= 0.6 is 11.6 Å². The van der Waals surface area contributed by atoms with E-state index in [2.05, 4.69) is 18.0 Å². The van der Waals surface area contributed by atoms with E-state index >= 15 is 0 Å². The van der Waals surface area contributed by atoms with Crippen LogP contribution in [-0.2, 0) is 30.5 Å². The molecule has 0 fully saturated rings. The zero-order valence-corrected chi connectivity index (χ0v) is 30.1. The van der Waals surface area contributed by atoms with Gasteiger partial charge in [0.2, 0.25) is 0 Å². The number of likely N-dealkylation sites (N-methyl/N-ethyl adjacent to an activating group) is 2. The highest BCUT2D eigenvalue weighted by Crippen LogP contribution is 2.51. The second-order valence-electron chi connectivity index (χ2n) is 13.8. The van der Waals surface area contributed by atoms with Gasteiger partial charge in [-0.1, -0.05) is 29.8 Å². The first-order valence-electron chi connectivity index (χ1n) is 17.0. The Bertz CT molecular complexity index is 1950. The number of hydrogen-bond acceptors (Lipinski definition) is 8. The number of methoxy groups -OCH3 is 3. The number of carbonyl (C=O) groups is 1. The number of rotatable bonds is 5. The Morgan fingerprint density at radius 1 is 0.880 bits per heavy atom. The maximum atomic E-state index is 12.5. The van der Waals surface area contributed by atoms with Crippen LogP contribution in [0.15, 0.2) is 60.7 Å². The lowest BCUT2D eigenvalue weighted by molar-refractivity contribution is -0.956. The number of nitrogens with zero attached hydrogens (tertiary/aromatic N) is 2. The average molecular weight is 699 g/mol. The number of carboxylic acids is 1. The van der Waals surface area contributed by atoms with Crippen molar-refractivity contribution < 1.29 is 38.1 Å². The molecule has 4 aliphatic heterocycles. The van der Waals surface area contributed by atoms with Crippen LogP contribution in [0.25, 0.3) is 0 Å². The Hall–Kier alpha value is -4.44. The molecular formula is C40H43ClN2O7. The molecule has 10 heteroatoms. The number of fused-ring (bicyclic) bond motifs is 2. The molecule has 0 radical (unpaired) electrons. The molecule has 50 heavy (non-hydrogen) atoms. The minimum absolute atomic E-state index is 0.0863. The third-order valence-electron chi connectivity index (χ3n) is 11.2. The van der Waals surface area contributed by atoms with Crippen molar-refractivity contribution in [2.45, 2.75) is 50.7 Å². The molecule has 0 N–H and O–H groups in total. The van der Waals surface area contributed by atoms with E-state index in [0.29, 0.717) is 71.1 Å². The van der Waals surface area contributed by atoms with Gasteiger partial charge < -0.3 is 38.1 Å². The molecule has 4 heterocycles. The van der Waals surface area contributed by atoms with Crippen LogP contribution in [0.3, 0.4) is 0 Å². The van der Waals surface area contributed by atoms with Gasteiger partial charge >= 0.3 is 0 Å². The summed E-state index contributed by atoms with van der Waals surface area (Å²) >= 11 is 7.16. The molecule has 8 rings (SSSR count). The van der Waals surface area contributed by atoms with Crippen molar-refractivity contribution in [3.05, 3.63) is 99.1 Å². The number of hydrogen-bond donors (Lipinski definition) is 0. The van der Waals surface area contributed by atoms with Gasteiger partial charge in [-0.25, -0.2) is 0 Å². The molecule has 0 amide bonds. The first-order chi connectivity index (χ1) is 24.0. The molecule has 0 aliphatic carbocycles. The smallest absolute Gasteiger partial charge is 0.169 e. The molecular weight excluding hydrogens is 656 g/mol. The number of halogens is 1. The summed E-state index contributed by atoms with van der Waals surface area (Å²) in [7, 11) is 9.01. The predicted octanol–water partition coefficient (Wildman–Crippen LogP) is 6.46. The topological polar surface area (TPSA) is 89.5 Å². The van der Waals surface area contributed by atoms with Crippen LogP contribution in [0.1, 0.15) is 52.4 Å². The van der Waals surface area contributed by atoms with Gasteiger partial charge in [-0.2, -0.15) is 0 Å². The highest BCUT2D eigenvalue weighted by molar-refractivity contribution is 6.33. The first-order valence-corrected chi connectivity index (χ1v) is 17.4. The Balaban J connectivity index is 1.48. The third kappa shape index (κ3) is 5.91. The normalized spacial score (nSPS) is 21.8. The van der Waals surface area contributed by atoms with Crippen molar-refractivity contribution in [2.24, 2.45) is 0 Å². The zero-order valence-electron chi connectivity index (χ0n) is 29.4. The molecule has 4 unspecified atom stereocenters. The molecule has 4 aliphatic rings. The quantitative estimate of drug-likeness (QED) is 0.220. The molecule has 0 spiro atoms. The van der Waals surface area contributed by atoms with E-state index in [0.717, 1.165) is 46.3 Å². The van der Waals surface area contributed by atoms with Crippen LogP contribution in [-0.4, -0.2) is 69.9 Å². The lowest BCUT2D eigenvalue weighted by Crippen LogP contribution is -2.62. The number of benzene rings is 4. The molecule has 6 bridgehead atoms. The summed E-state index contributed by atoms with van der Waals surface area (Å²) in [6, 6.07) is 19.0. The van der Waals surface area contributed by atoms with Gasteiger partial charge in [0.25, 0.3) is 0 Å². The number of ether oxygens (including phenoxy) is 5. The molecule has 262 valence electrons. The highest BCUT2D eigenvalue weighted by Gasteiger charge is 2.44. The van der Waals surface area contributed by atoms with E-state index < -0.39 is 12.0 Å². The van der Waals surface area contributed by atoms with Crippen molar-refractivity contribution in [3.8, 4) is 40.2 Å². The maximum absolute atomic E-state index is 12.5. The lowest BCUT2D eigenvalue weighted by Gasteiger charge is -2.50. The Kier molecular flexibility index (Phi) is 9.09. The Labute approximate surface area is 298 Å². The van der Waals surface area contributed by atoms with E-state index in [-0.39, 0.29) is 16.6 Å². The van der Waals surface area contributed by atoms with Gasteiger partial charge in [0, 0.05) is 36.6 Å². The SMILES string of the molecule is COc1ccc2cc1Oc1ccc(cc1)CC1c3cc(c(OC)cc3CC[N+]1(C)C(C)C(=O)[O-])Oc1c(Cl)c(OC)cc3c1C(C2)N(C)CC3. The summed E-state index contributed by atoms with van der Waals surface area (Å²) in [6.07, 6.45) is 2.70. The minimum atomic E-state index is -1.08. The Morgan fingerprint density at radius 2 is 1.56 bits per heavy atom. The highest BCUT2D eigenvalue weighted by atomic mass is 35.5. The second-order valence-corrected chi connectivity index (χ2v) is 14.2. The van der Waals surface area contributed by atoms with E-state index in [1.165, 1.54) is 0 Å². The van der Waals surface area contributed by atoms with Crippen molar-refractivity contribution in [2.75, 3.05) is 48.5 Å². The fourth-order valence-corrected chi connectivity index (χ4v) is 8.25. The molecule has 0 saturated carbocycles. The van der Waals surface area contributed by atoms with E-state index in [9.17, 15) is 9.90 Å². The first kappa shape index (κ1) is 34.0. The molecule has 4 atom stereocenters. The number of quaternary nitrogens is 1. The van der Waals surface area contributed by atoms with Crippen molar-refractivity contribution in [3.63, 3.8) is 0 Å². The average Bonchev–Trinajstić information content (AvgIpc) is 3.11.